The van der Waals surface area contributed by atoms with Crippen molar-refractivity contribution in [1.29, 1.82) is 0 Å². The van der Waals surface area contributed by atoms with E-state index in [1.165, 1.54) is 16.4 Å². The molecule has 1 N–H and O–H groups in total. The Hall–Kier alpha value is -3.39. The third kappa shape index (κ3) is 7.05. The summed E-state index contributed by atoms with van der Waals surface area (Å²) in [6.45, 7) is 3.78. The van der Waals surface area contributed by atoms with E-state index in [0.29, 0.717) is 11.4 Å². The zero-order chi connectivity index (χ0) is 24.0. The fourth-order valence-electron chi connectivity index (χ4n) is 3.23. The topological polar surface area (TPSA) is 75.7 Å². The molecule has 1 unspecified atom stereocenters. The lowest BCUT2D eigenvalue weighted by Gasteiger charge is -2.23. The van der Waals surface area contributed by atoms with Gasteiger partial charge in [-0.25, -0.2) is 12.8 Å². The summed E-state index contributed by atoms with van der Waals surface area (Å²) >= 11 is 0. The van der Waals surface area contributed by atoms with E-state index in [1.54, 1.807) is 43.3 Å². The molecule has 0 aliphatic rings. The number of ether oxygens (including phenoxy) is 1. The molecule has 0 fully saturated rings. The molecule has 8 heteroatoms. The first-order valence-corrected chi connectivity index (χ1v) is 12.3. The molecule has 0 aromatic heterocycles. The van der Waals surface area contributed by atoms with Crippen LogP contribution in [-0.2, 0) is 21.4 Å². The number of hydrogen-bond donors (Lipinski definition) is 1. The van der Waals surface area contributed by atoms with Crippen LogP contribution in [-0.4, -0.2) is 27.2 Å². The number of nitrogens with zero attached hydrogens (tertiary/aromatic N) is 1. The van der Waals surface area contributed by atoms with Crippen LogP contribution in [0.4, 0.5) is 10.1 Å². The summed E-state index contributed by atoms with van der Waals surface area (Å²) < 4.78 is 44.6. The fourth-order valence-corrected chi connectivity index (χ4v) is 4.12. The molecule has 0 bridgehead atoms. The number of carbonyl (C=O) groups is 1. The van der Waals surface area contributed by atoms with Crippen LogP contribution in [0.1, 0.15) is 29.7 Å². The zero-order valence-electron chi connectivity index (χ0n) is 18.8. The lowest BCUT2D eigenvalue weighted by molar-refractivity contribution is -0.123. The van der Waals surface area contributed by atoms with E-state index in [4.69, 9.17) is 4.74 Å². The van der Waals surface area contributed by atoms with Gasteiger partial charge in [0.2, 0.25) is 10.0 Å². The number of anilines is 1. The van der Waals surface area contributed by atoms with Gasteiger partial charge < -0.3 is 10.1 Å². The number of amides is 1. The summed E-state index contributed by atoms with van der Waals surface area (Å²) in [5, 5.41) is 2.79. The maximum absolute atomic E-state index is 13.0. The first-order valence-electron chi connectivity index (χ1n) is 10.4. The van der Waals surface area contributed by atoms with Crippen LogP contribution in [0.15, 0.2) is 72.8 Å². The van der Waals surface area contributed by atoms with Gasteiger partial charge in [-0.05, 0) is 61.4 Å². The van der Waals surface area contributed by atoms with E-state index < -0.39 is 10.0 Å². The normalized spacial score (nSPS) is 12.1. The number of nitrogens with one attached hydrogen (secondary N) is 1. The summed E-state index contributed by atoms with van der Waals surface area (Å²) in [6.07, 6.45) is 1.16. The number of halogens is 1. The van der Waals surface area contributed by atoms with Crippen LogP contribution in [0.5, 0.6) is 5.75 Å². The Kier molecular flexibility index (Phi) is 7.71. The van der Waals surface area contributed by atoms with Crippen LogP contribution in [0, 0.1) is 12.7 Å². The van der Waals surface area contributed by atoms with Crippen LogP contribution in [0.3, 0.4) is 0 Å². The van der Waals surface area contributed by atoms with E-state index in [-0.39, 0.29) is 30.9 Å². The molecule has 0 saturated carbocycles. The van der Waals surface area contributed by atoms with E-state index in [9.17, 15) is 17.6 Å². The molecule has 1 atom stereocenters. The second-order valence-corrected chi connectivity index (χ2v) is 9.79. The van der Waals surface area contributed by atoms with E-state index >= 15 is 0 Å². The Bertz CT molecular complexity index is 1180. The molecule has 3 rings (SSSR count). The van der Waals surface area contributed by atoms with Gasteiger partial charge in [-0.1, -0.05) is 42.0 Å². The van der Waals surface area contributed by atoms with E-state index in [2.05, 4.69) is 5.32 Å². The average Bonchev–Trinajstić information content (AvgIpc) is 2.77. The van der Waals surface area contributed by atoms with Gasteiger partial charge in [0, 0.05) is 0 Å². The number of hydrogen-bond acceptors (Lipinski definition) is 4. The molecule has 0 aliphatic carbocycles. The minimum absolute atomic E-state index is 0.204. The summed E-state index contributed by atoms with van der Waals surface area (Å²) in [7, 11) is -3.50. The Labute approximate surface area is 194 Å². The predicted molar refractivity (Wildman–Crippen MR) is 127 cm³/mol. The highest BCUT2D eigenvalue weighted by atomic mass is 32.2. The standard InChI is InChI=1S/C25H27FN2O4S/c1-18-4-6-20(7-5-18)16-28(33(3,30)31)23-12-14-24(15-13-23)32-17-25(29)27-19(2)21-8-10-22(26)11-9-21/h4-15,19H,16-17H2,1-3H3,(H,27,29). The Morgan fingerprint density at radius 1 is 1.00 bits per heavy atom. The molecule has 174 valence electrons. The second kappa shape index (κ2) is 10.5. The molecule has 33 heavy (non-hydrogen) atoms. The highest BCUT2D eigenvalue weighted by Gasteiger charge is 2.18. The second-order valence-electron chi connectivity index (χ2n) is 7.88. The van der Waals surface area contributed by atoms with Crippen LogP contribution in [0.25, 0.3) is 0 Å². The Balaban J connectivity index is 1.60. The van der Waals surface area contributed by atoms with Crippen molar-refractivity contribution in [2.75, 3.05) is 17.2 Å². The van der Waals surface area contributed by atoms with Crippen molar-refractivity contribution in [2.45, 2.75) is 26.4 Å². The largest absolute Gasteiger partial charge is 0.484 e. The number of carbonyl (C=O) groups excluding carboxylic acids is 1. The van der Waals surface area contributed by atoms with Crippen LogP contribution < -0.4 is 14.4 Å². The first-order chi connectivity index (χ1) is 15.6. The third-order valence-corrected chi connectivity index (χ3v) is 6.23. The monoisotopic (exact) mass is 470 g/mol. The maximum atomic E-state index is 13.0. The number of benzene rings is 3. The highest BCUT2D eigenvalue weighted by molar-refractivity contribution is 7.92. The molecule has 0 heterocycles. The third-order valence-electron chi connectivity index (χ3n) is 5.09. The van der Waals surface area contributed by atoms with Gasteiger partial charge in [0.15, 0.2) is 6.61 Å². The molecule has 1 amide bonds. The van der Waals surface area contributed by atoms with Gasteiger partial charge in [0.1, 0.15) is 11.6 Å². The fraction of sp³-hybridized carbons (Fsp3) is 0.240. The van der Waals surface area contributed by atoms with Crippen molar-refractivity contribution >= 4 is 21.6 Å². The number of sulfonamides is 1. The van der Waals surface area contributed by atoms with Gasteiger partial charge >= 0.3 is 0 Å². The molecule has 3 aromatic rings. The van der Waals surface area contributed by atoms with Crippen molar-refractivity contribution in [2.24, 2.45) is 0 Å². The van der Waals surface area contributed by atoms with Crippen molar-refractivity contribution in [1.82, 2.24) is 5.32 Å². The van der Waals surface area contributed by atoms with Gasteiger partial charge in [-0.2, -0.15) is 0 Å². The molecule has 0 saturated heterocycles. The number of rotatable bonds is 9. The van der Waals surface area contributed by atoms with Crippen LogP contribution in [0.2, 0.25) is 0 Å². The summed E-state index contributed by atoms with van der Waals surface area (Å²) in [6, 6.07) is 19.8. The molecule has 0 aliphatic heterocycles. The van der Waals surface area contributed by atoms with E-state index in [1.807, 2.05) is 31.2 Å². The lowest BCUT2D eigenvalue weighted by Crippen LogP contribution is -2.31. The summed E-state index contributed by atoms with van der Waals surface area (Å²) in [5.41, 5.74) is 3.25. The molecular formula is C25H27FN2O4S. The van der Waals surface area contributed by atoms with Gasteiger partial charge in [-0.15, -0.1) is 0 Å². The van der Waals surface area contributed by atoms with Crippen molar-refractivity contribution in [3.05, 3.63) is 95.3 Å². The quantitative estimate of drug-likeness (QED) is 0.504. The summed E-state index contributed by atoms with van der Waals surface area (Å²) in [5.74, 6) is -0.225. The molecular weight excluding hydrogens is 443 g/mol. The zero-order valence-corrected chi connectivity index (χ0v) is 19.6. The van der Waals surface area contributed by atoms with Crippen molar-refractivity contribution in [3.63, 3.8) is 0 Å². The Morgan fingerprint density at radius 3 is 2.18 bits per heavy atom. The highest BCUT2D eigenvalue weighted by Crippen LogP contribution is 2.24. The molecule has 6 nitrogen and oxygen atoms in total. The molecule has 0 radical (unpaired) electrons. The van der Waals surface area contributed by atoms with Crippen LogP contribution >= 0.6 is 0 Å². The first kappa shape index (κ1) is 24.3. The maximum Gasteiger partial charge on any atom is 0.258 e. The van der Waals surface area contributed by atoms with Gasteiger partial charge in [0.05, 0.1) is 24.5 Å². The minimum Gasteiger partial charge on any atom is -0.484 e. The van der Waals surface area contributed by atoms with Gasteiger partial charge in [-0.3, -0.25) is 9.10 Å². The molecule has 0 spiro atoms. The average molecular weight is 471 g/mol. The van der Waals surface area contributed by atoms with Gasteiger partial charge in [0.25, 0.3) is 5.91 Å². The van der Waals surface area contributed by atoms with E-state index in [0.717, 1.165) is 22.9 Å². The lowest BCUT2D eigenvalue weighted by atomic mass is 10.1. The SMILES string of the molecule is Cc1ccc(CN(c2ccc(OCC(=O)NC(C)c3ccc(F)cc3)cc2)S(C)(=O)=O)cc1. The summed E-state index contributed by atoms with van der Waals surface area (Å²) in [4.78, 5) is 12.2. The predicted octanol–water partition coefficient (Wildman–Crippen LogP) is 4.36. The minimum atomic E-state index is -3.50. The van der Waals surface area contributed by atoms with Crippen molar-refractivity contribution < 1.29 is 22.3 Å². The van der Waals surface area contributed by atoms with Crippen molar-refractivity contribution in [3.8, 4) is 5.75 Å². The Morgan fingerprint density at radius 2 is 1.61 bits per heavy atom. The number of aryl methyl sites for hydroxylation is 1. The smallest absolute Gasteiger partial charge is 0.258 e. The molecule has 3 aromatic carbocycles.